The first kappa shape index (κ1) is 26.1. The average molecular weight is 484 g/mol. The first-order chi connectivity index (χ1) is 16.4. The first-order valence-corrected chi connectivity index (χ1v) is 11.3. The van der Waals surface area contributed by atoms with Crippen molar-refractivity contribution < 1.29 is 33.0 Å². The van der Waals surface area contributed by atoms with E-state index in [0.29, 0.717) is 28.2 Å². The summed E-state index contributed by atoms with van der Waals surface area (Å²) in [5.74, 6) is -1.18. The van der Waals surface area contributed by atoms with Gasteiger partial charge in [-0.15, -0.1) is 0 Å². The van der Waals surface area contributed by atoms with Crippen LogP contribution in [0.3, 0.4) is 0 Å². The molecule has 2 aromatic rings. The Labute approximate surface area is 204 Å². The highest BCUT2D eigenvalue weighted by Crippen LogP contribution is 2.36. The zero-order valence-corrected chi connectivity index (χ0v) is 20.6. The summed E-state index contributed by atoms with van der Waals surface area (Å²) in [5.41, 5.74) is 4.82. The van der Waals surface area contributed by atoms with E-state index in [0.717, 1.165) is 0 Å². The van der Waals surface area contributed by atoms with Crippen molar-refractivity contribution in [2.24, 2.45) is 5.73 Å². The van der Waals surface area contributed by atoms with Gasteiger partial charge in [0, 0.05) is 23.1 Å². The van der Waals surface area contributed by atoms with Crippen molar-refractivity contribution in [3.8, 4) is 11.5 Å². The predicted octanol–water partition coefficient (Wildman–Crippen LogP) is 2.31. The van der Waals surface area contributed by atoms with Crippen LogP contribution in [0.4, 0.5) is 4.39 Å². The molecule has 0 spiro atoms. The number of carbonyl (C=O) groups is 3. The van der Waals surface area contributed by atoms with Crippen molar-refractivity contribution in [2.75, 3.05) is 7.11 Å². The van der Waals surface area contributed by atoms with Crippen LogP contribution in [0.2, 0.25) is 0 Å². The number of benzene rings is 2. The topological polar surface area (TPSA) is 108 Å². The molecule has 0 unspecified atom stereocenters. The molecule has 8 nitrogen and oxygen atoms in total. The van der Waals surface area contributed by atoms with Gasteiger partial charge in [0.2, 0.25) is 5.91 Å². The summed E-state index contributed by atoms with van der Waals surface area (Å²) in [6.45, 7) is 5.21. The first-order valence-electron chi connectivity index (χ1n) is 11.3. The fourth-order valence-electron chi connectivity index (χ4n) is 3.91. The van der Waals surface area contributed by atoms with Gasteiger partial charge in [0.25, 0.3) is 5.91 Å². The minimum absolute atomic E-state index is 0.00217. The molecule has 0 bridgehead atoms. The number of halogens is 1. The molecule has 2 N–H and O–H groups in total. The molecule has 0 aromatic heterocycles. The van der Waals surface area contributed by atoms with Gasteiger partial charge in [0.05, 0.1) is 19.1 Å². The van der Waals surface area contributed by atoms with E-state index in [1.807, 2.05) is 0 Å². The van der Waals surface area contributed by atoms with Crippen LogP contribution in [0.5, 0.6) is 11.5 Å². The highest BCUT2D eigenvalue weighted by atomic mass is 19.1. The summed E-state index contributed by atoms with van der Waals surface area (Å²) in [7, 11) is 3.02. The van der Waals surface area contributed by atoms with E-state index < -0.39 is 34.6 Å². The molecule has 3 rings (SSSR count). The van der Waals surface area contributed by atoms with Gasteiger partial charge >= 0.3 is 5.97 Å². The van der Waals surface area contributed by atoms with Crippen molar-refractivity contribution in [3.63, 3.8) is 0 Å². The lowest BCUT2D eigenvalue weighted by Gasteiger charge is -2.36. The van der Waals surface area contributed by atoms with Crippen LogP contribution in [0, 0.1) is 5.82 Å². The minimum Gasteiger partial charge on any atom is -0.497 e. The van der Waals surface area contributed by atoms with Crippen LogP contribution in [0.15, 0.2) is 36.4 Å². The van der Waals surface area contributed by atoms with Crippen LogP contribution in [-0.4, -0.2) is 48.7 Å². The van der Waals surface area contributed by atoms with Crippen LogP contribution >= 0.6 is 0 Å². The second-order valence-corrected chi connectivity index (χ2v) is 9.64. The third-order valence-corrected chi connectivity index (χ3v) is 5.92. The van der Waals surface area contributed by atoms with Gasteiger partial charge in [-0.25, -0.2) is 4.39 Å². The number of primary amides is 1. The maximum absolute atomic E-state index is 14.2. The fourth-order valence-corrected chi connectivity index (χ4v) is 3.91. The second kappa shape index (κ2) is 9.97. The van der Waals surface area contributed by atoms with Crippen LogP contribution in [-0.2, 0) is 27.5 Å². The lowest BCUT2D eigenvalue weighted by molar-refractivity contribution is -0.155. The van der Waals surface area contributed by atoms with E-state index in [1.54, 1.807) is 39.0 Å². The Morgan fingerprint density at radius 2 is 1.91 bits per heavy atom. The Morgan fingerprint density at radius 1 is 1.20 bits per heavy atom. The smallest absolute Gasteiger partial charge is 0.306 e. The number of amides is 2. The molecule has 0 saturated carbocycles. The Balaban J connectivity index is 1.80. The van der Waals surface area contributed by atoms with E-state index in [-0.39, 0.29) is 26.0 Å². The molecule has 2 aromatic carbocycles. The molecular weight excluding hydrogens is 454 g/mol. The molecule has 1 aliphatic heterocycles. The largest absolute Gasteiger partial charge is 0.497 e. The van der Waals surface area contributed by atoms with E-state index >= 15 is 0 Å². The Morgan fingerprint density at radius 3 is 2.54 bits per heavy atom. The van der Waals surface area contributed by atoms with Gasteiger partial charge in [-0.05, 0) is 57.5 Å². The van der Waals surface area contributed by atoms with Crippen LogP contribution < -0.4 is 15.2 Å². The second-order valence-electron chi connectivity index (χ2n) is 9.64. The summed E-state index contributed by atoms with van der Waals surface area (Å²) in [6.07, 6.45) is -0.0858. The van der Waals surface area contributed by atoms with E-state index in [9.17, 15) is 18.8 Å². The Kier molecular flexibility index (Phi) is 7.43. The molecule has 2 amide bonds. The summed E-state index contributed by atoms with van der Waals surface area (Å²) >= 11 is 0. The highest BCUT2D eigenvalue weighted by molar-refractivity contribution is 6.30. The third-order valence-electron chi connectivity index (χ3n) is 5.92. The maximum Gasteiger partial charge on any atom is 0.306 e. The molecule has 10 heteroatoms. The van der Waals surface area contributed by atoms with Crippen molar-refractivity contribution in [3.05, 3.63) is 58.9 Å². The number of nitrogens with zero attached hydrogens (tertiary/aromatic N) is 1. The molecule has 1 atom stereocenters. The zero-order valence-electron chi connectivity index (χ0n) is 20.6. The maximum atomic E-state index is 14.2. The number of methoxy groups -OCH3 is 1. The normalized spacial score (nSPS) is 14.8. The van der Waals surface area contributed by atoms with E-state index in [1.165, 1.54) is 38.1 Å². The molecule has 0 radical (unpaired) electrons. The number of hydrogen-bond donors (Lipinski definition) is 1. The SMILES string of the molecule is B[C@](CCC(=O)OC(C)(C)C)(C(N)=O)N1Cc2c(OCc3cc(OC)ccc3F)cccc2C1=O. The monoisotopic (exact) mass is 484 g/mol. The van der Waals surface area contributed by atoms with Crippen LogP contribution in [0.25, 0.3) is 0 Å². The van der Waals surface area contributed by atoms with Crippen LogP contribution in [0.1, 0.15) is 55.1 Å². The van der Waals surface area contributed by atoms with Gasteiger partial charge in [0.15, 0.2) is 0 Å². The lowest BCUT2D eigenvalue weighted by atomic mass is 9.72. The molecule has 0 fully saturated rings. The van der Waals surface area contributed by atoms with Crippen molar-refractivity contribution in [1.29, 1.82) is 0 Å². The summed E-state index contributed by atoms with van der Waals surface area (Å²) in [6, 6.07) is 9.30. The molecule has 0 saturated heterocycles. The molecular formula is C25H30BFN2O6. The standard InChI is InChI=1S/C25H30BFN2O6/c1-24(2,3)35-21(30)10-11-25(26,23(28)32)29-13-18-17(22(29)31)6-5-7-20(18)34-14-15-12-16(33-4)8-9-19(15)27/h5-9,12H,10-11,13-14,26H2,1-4H3,(H2,28,32)/t25-/m0/s1. The summed E-state index contributed by atoms with van der Waals surface area (Å²) in [4.78, 5) is 39.3. The Bertz CT molecular complexity index is 1150. The quantitative estimate of drug-likeness (QED) is 0.433. The number of ether oxygens (including phenoxy) is 3. The number of rotatable bonds is 9. The van der Waals surface area contributed by atoms with Gasteiger partial charge < -0.3 is 24.8 Å². The van der Waals surface area contributed by atoms with Gasteiger partial charge in [-0.1, -0.05) is 6.07 Å². The Hall–Kier alpha value is -3.56. The number of nitrogens with two attached hydrogens (primary N) is 1. The number of hydrogen-bond acceptors (Lipinski definition) is 6. The molecule has 186 valence electrons. The van der Waals surface area contributed by atoms with Crippen molar-refractivity contribution in [1.82, 2.24) is 4.90 Å². The van der Waals surface area contributed by atoms with E-state index in [4.69, 9.17) is 19.9 Å². The minimum atomic E-state index is -1.43. The highest BCUT2D eigenvalue weighted by Gasteiger charge is 2.45. The van der Waals surface area contributed by atoms with Crippen molar-refractivity contribution in [2.45, 2.75) is 57.8 Å². The average Bonchev–Trinajstić information content (AvgIpc) is 3.13. The summed E-state index contributed by atoms with van der Waals surface area (Å²) < 4.78 is 30.6. The zero-order chi connectivity index (χ0) is 26.0. The lowest BCUT2D eigenvalue weighted by Crippen LogP contribution is -2.58. The molecule has 35 heavy (non-hydrogen) atoms. The predicted molar refractivity (Wildman–Crippen MR) is 129 cm³/mol. The molecule has 1 heterocycles. The summed E-state index contributed by atoms with van der Waals surface area (Å²) in [5, 5.41) is 0. The van der Waals surface area contributed by atoms with Gasteiger partial charge in [-0.2, -0.15) is 0 Å². The number of fused-ring (bicyclic) bond motifs is 1. The third kappa shape index (κ3) is 5.75. The molecule has 0 aliphatic carbocycles. The number of esters is 1. The van der Waals surface area contributed by atoms with E-state index in [2.05, 4.69) is 0 Å². The van der Waals surface area contributed by atoms with Gasteiger partial charge in [0.1, 0.15) is 37.4 Å². The fraction of sp³-hybridized carbons (Fsp3) is 0.400. The number of carbonyl (C=O) groups excluding carboxylic acids is 3. The molecule has 1 aliphatic rings. The van der Waals surface area contributed by atoms with Gasteiger partial charge in [-0.3, -0.25) is 14.4 Å². The van der Waals surface area contributed by atoms with Crippen molar-refractivity contribution >= 4 is 25.6 Å².